The molecule has 2 atom stereocenters. The van der Waals surface area contributed by atoms with Gasteiger partial charge in [0.2, 0.25) is 0 Å². The second-order valence-electron chi connectivity index (χ2n) is 15.4. The molecule has 13 rings (SSSR count). The van der Waals surface area contributed by atoms with Crippen molar-refractivity contribution in [2.75, 3.05) is 4.90 Å². The monoisotopic (exact) mass is 742 g/mol. The third-order valence-corrected chi connectivity index (χ3v) is 12.5. The molecule has 4 aromatic heterocycles. The predicted molar refractivity (Wildman–Crippen MR) is 238 cm³/mol. The Morgan fingerprint density at radius 3 is 1.47 bits per heavy atom. The highest BCUT2D eigenvalue weighted by Gasteiger charge is 2.37. The quantitative estimate of drug-likeness (QED) is 0.180. The molecule has 6 heteroatoms. The Hall–Kier alpha value is -7.70. The lowest BCUT2D eigenvalue weighted by atomic mass is 9.91. The molecule has 2 unspecified atom stereocenters. The lowest BCUT2D eigenvalue weighted by molar-refractivity contribution is 0.745. The molecule has 0 bridgehead atoms. The van der Waals surface area contributed by atoms with Crippen LogP contribution in [0.15, 0.2) is 194 Å². The summed E-state index contributed by atoms with van der Waals surface area (Å²) in [6.45, 7) is 0. The minimum absolute atomic E-state index is 0.238. The van der Waals surface area contributed by atoms with Crippen molar-refractivity contribution in [2.45, 2.75) is 12.0 Å². The Balaban J connectivity index is 0.977. The van der Waals surface area contributed by atoms with Crippen molar-refractivity contribution in [1.29, 1.82) is 0 Å². The van der Waals surface area contributed by atoms with E-state index in [-0.39, 0.29) is 6.04 Å². The van der Waals surface area contributed by atoms with Crippen molar-refractivity contribution < 1.29 is 0 Å². The fourth-order valence-corrected chi connectivity index (χ4v) is 10.1. The molecule has 272 valence electrons. The van der Waals surface area contributed by atoms with Gasteiger partial charge in [0, 0.05) is 61.4 Å². The van der Waals surface area contributed by atoms with Gasteiger partial charge in [0.1, 0.15) is 18.0 Å². The summed E-state index contributed by atoms with van der Waals surface area (Å²) >= 11 is 0. The standard InChI is InChI=1S/C52H34N6/c1-7-19-43-35(13-1)36-14-2-8-20-44(36)55(43)33-25-27-49-41(29-33)39-17-5-11-23-47(39)57(49)51-31-52(54-32-53-51)58-48-24-12-6-18-40(48)42-30-34(26-28-50(42)58)56-45-21-9-3-15-37(45)38-16-4-10-22-46(38)56/h1-32,35,43H. The van der Waals surface area contributed by atoms with Crippen LogP contribution in [0.25, 0.3) is 82.7 Å². The smallest absolute Gasteiger partial charge is 0.143 e. The second kappa shape index (κ2) is 11.9. The van der Waals surface area contributed by atoms with Crippen molar-refractivity contribution in [3.63, 3.8) is 0 Å². The zero-order valence-corrected chi connectivity index (χ0v) is 31.3. The molecule has 2 aliphatic rings. The number of anilines is 2. The normalized spacial score (nSPS) is 16.1. The average molecular weight is 743 g/mol. The number of benzene rings is 7. The van der Waals surface area contributed by atoms with E-state index in [1.54, 1.807) is 6.33 Å². The summed E-state index contributed by atoms with van der Waals surface area (Å²) in [5.41, 5.74) is 11.8. The van der Waals surface area contributed by atoms with Gasteiger partial charge in [0.25, 0.3) is 0 Å². The van der Waals surface area contributed by atoms with Gasteiger partial charge in [-0.1, -0.05) is 115 Å². The maximum atomic E-state index is 4.95. The van der Waals surface area contributed by atoms with E-state index in [2.05, 4.69) is 207 Å². The number of hydrogen-bond acceptors (Lipinski definition) is 3. The van der Waals surface area contributed by atoms with Crippen LogP contribution in [0.3, 0.4) is 0 Å². The van der Waals surface area contributed by atoms with Gasteiger partial charge in [0.15, 0.2) is 0 Å². The fourth-order valence-electron chi connectivity index (χ4n) is 10.1. The number of para-hydroxylation sites is 5. The number of fused-ring (bicyclic) bond motifs is 12. The van der Waals surface area contributed by atoms with E-state index >= 15 is 0 Å². The van der Waals surface area contributed by atoms with Crippen LogP contribution >= 0.6 is 0 Å². The van der Waals surface area contributed by atoms with Crippen LogP contribution in [-0.2, 0) is 0 Å². The SMILES string of the molecule is C1=CC2c3ccccc3N(c3ccc4c(c3)c3ccccc3n4-c3cc(-n4c5ccccc5c5cc(-n6c7ccccc7c7ccccc76)ccc54)ncn3)C2C=C1. The number of nitrogens with zero attached hydrogens (tertiary/aromatic N) is 6. The summed E-state index contributed by atoms with van der Waals surface area (Å²) in [5.74, 6) is 1.97. The summed E-state index contributed by atoms with van der Waals surface area (Å²) in [6.07, 6.45) is 10.7. The Morgan fingerprint density at radius 2 is 0.845 bits per heavy atom. The maximum Gasteiger partial charge on any atom is 0.143 e. The molecule has 0 radical (unpaired) electrons. The number of hydrogen-bond donors (Lipinski definition) is 0. The zero-order chi connectivity index (χ0) is 37.9. The lowest BCUT2D eigenvalue weighted by Gasteiger charge is -2.28. The number of rotatable bonds is 4. The van der Waals surface area contributed by atoms with Crippen LogP contribution in [0.5, 0.6) is 0 Å². The van der Waals surface area contributed by atoms with Crippen LogP contribution in [-0.4, -0.2) is 29.7 Å². The predicted octanol–water partition coefficient (Wildman–Crippen LogP) is 12.5. The fraction of sp³-hybridized carbons (Fsp3) is 0.0385. The van der Waals surface area contributed by atoms with Crippen LogP contribution < -0.4 is 4.90 Å². The lowest BCUT2D eigenvalue weighted by Crippen LogP contribution is -2.28. The van der Waals surface area contributed by atoms with Crippen molar-refractivity contribution in [1.82, 2.24) is 23.7 Å². The van der Waals surface area contributed by atoms with E-state index in [1.807, 2.05) is 0 Å². The van der Waals surface area contributed by atoms with Crippen LogP contribution in [0, 0.1) is 0 Å². The summed E-state index contributed by atoms with van der Waals surface area (Å²) in [4.78, 5) is 12.4. The van der Waals surface area contributed by atoms with Gasteiger partial charge >= 0.3 is 0 Å². The molecule has 1 aliphatic carbocycles. The molecule has 11 aromatic rings. The summed E-state index contributed by atoms with van der Waals surface area (Å²) in [7, 11) is 0. The van der Waals surface area contributed by atoms with Gasteiger partial charge in [-0.3, -0.25) is 9.13 Å². The third-order valence-electron chi connectivity index (χ3n) is 12.5. The van der Waals surface area contributed by atoms with E-state index in [0.29, 0.717) is 5.92 Å². The van der Waals surface area contributed by atoms with Crippen LogP contribution in [0.2, 0.25) is 0 Å². The van der Waals surface area contributed by atoms with E-state index in [9.17, 15) is 0 Å². The molecule has 0 saturated heterocycles. The molecular weight excluding hydrogens is 709 g/mol. The molecule has 0 N–H and O–H groups in total. The van der Waals surface area contributed by atoms with Gasteiger partial charge in [-0.15, -0.1) is 0 Å². The highest BCUT2D eigenvalue weighted by Crippen LogP contribution is 2.48. The molecular formula is C52H34N6. The Bertz CT molecular complexity index is 3510. The first-order valence-corrected chi connectivity index (χ1v) is 19.9. The van der Waals surface area contributed by atoms with Crippen molar-refractivity contribution in [3.8, 4) is 17.3 Å². The summed E-state index contributed by atoms with van der Waals surface area (Å²) < 4.78 is 6.96. The highest BCUT2D eigenvalue weighted by molar-refractivity contribution is 6.13. The summed E-state index contributed by atoms with van der Waals surface area (Å²) in [6, 6.07) is 59.6. The van der Waals surface area contributed by atoms with E-state index < -0.39 is 0 Å². The number of allylic oxidation sites excluding steroid dienone is 2. The van der Waals surface area contributed by atoms with Gasteiger partial charge in [-0.05, 0) is 72.3 Å². The molecule has 7 aromatic carbocycles. The maximum absolute atomic E-state index is 4.95. The van der Waals surface area contributed by atoms with Crippen molar-refractivity contribution in [2.24, 2.45) is 0 Å². The minimum Gasteiger partial charge on any atom is -0.333 e. The largest absolute Gasteiger partial charge is 0.333 e. The van der Waals surface area contributed by atoms with E-state index in [4.69, 9.17) is 9.97 Å². The van der Waals surface area contributed by atoms with Gasteiger partial charge in [-0.2, -0.15) is 0 Å². The highest BCUT2D eigenvalue weighted by atomic mass is 15.2. The molecule has 58 heavy (non-hydrogen) atoms. The molecule has 0 fully saturated rings. The Labute approximate surface area is 333 Å². The van der Waals surface area contributed by atoms with Crippen LogP contribution in [0.1, 0.15) is 11.5 Å². The Morgan fingerprint density at radius 1 is 0.379 bits per heavy atom. The third kappa shape index (κ3) is 4.31. The topological polar surface area (TPSA) is 43.8 Å². The first-order chi connectivity index (χ1) is 28.8. The molecule has 5 heterocycles. The number of aromatic nitrogens is 5. The van der Waals surface area contributed by atoms with Crippen molar-refractivity contribution >= 4 is 76.8 Å². The van der Waals surface area contributed by atoms with Gasteiger partial charge < -0.3 is 9.47 Å². The van der Waals surface area contributed by atoms with E-state index in [1.165, 1.54) is 60.3 Å². The van der Waals surface area contributed by atoms with Gasteiger partial charge in [0.05, 0.1) is 39.1 Å². The molecule has 0 amide bonds. The van der Waals surface area contributed by atoms with Crippen molar-refractivity contribution in [3.05, 3.63) is 200 Å². The summed E-state index contributed by atoms with van der Waals surface area (Å²) in [5, 5.41) is 7.25. The van der Waals surface area contributed by atoms with Crippen LogP contribution in [0.4, 0.5) is 11.4 Å². The molecule has 0 saturated carbocycles. The Kier molecular flexibility index (Phi) is 6.46. The molecule has 0 spiro atoms. The zero-order valence-electron chi connectivity index (χ0n) is 31.3. The van der Waals surface area contributed by atoms with Gasteiger partial charge in [-0.25, -0.2) is 9.97 Å². The first kappa shape index (κ1) is 31.5. The molecule has 1 aliphatic heterocycles. The second-order valence-corrected chi connectivity index (χ2v) is 15.4. The molecule has 6 nitrogen and oxygen atoms in total. The average Bonchev–Trinajstić information content (AvgIpc) is 4.01. The minimum atomic E-state index is 0.238. The first-order valence-electron chi connectivity index (χ1n) is 19.9. The van der Waals surface area contributed by atoms with E-state index in [0.717, 1.165) is 39.4 Å².